The van der Waals surface area contributed by atoms with E-state index in [4.69, 9.17) is 0 Å². The van der Waals surface area contributed by atoms with E-state index in [1.807, 2.05) is 25.5 Å². The second-order valence-corrected chi connectivity index (χ2v) is 7.18. The lowest BCUT2D eigenvalue weighted by molar-refractivity contribution is -0.133. The minimum Gasteiger partial charge on any atom is -0.346 e. The van der Waals surface area contributed by atoms with Crippen LogP contribution in [-0.4, -0.2) is 60.5 Å². The molecular formula is C18H23FN4OS. The number of nitrogens with zero attached hydrogens (tertiary/aromatic N) is 4. The van der Waals surface area contributed by atoms with Crippen molar-refractivity contribution < 1.29 is 9.18 Å². The summed E-state index contributed by atoms with van der Waals surface area (Å²) in [6.07, 6.45) is 1.82. The quantitative estimate of drug-likeness (QED) is 0.820. The largest absolute Gasteiger partial charge is 0.346 e. The van der Waals surface area contributed by atoms with Crippen molar-refractivity contribution in [1.29, 1.82) is 0 Å². The van der Waals surface area contributed by atoms with E-state index in [2.05, 4.69) is 14.8 Å². The van der Waals surface area contributed by atoms with Crippen molar-refractivity contribution in [3.63, 3.8) is 0 Å². The van der Waals surface area contributed by atoms with Gasteiger partial charge < -0.3 is 9.80 Å². The molecule has 1 aliphatic rings. The molecule has 7 heteroatoms. The van der Waals surface area contributed by atoms with Crippen molar-refractivity contribution in [2.75, 3.05) is 44.7 Å². The molecule has 1 saturated heterocycles. The Hall–Kier alpha value is -1.99. The molecule has 0 spiro atoms. The molecule has 25 heavy (non-hydrogen) atoms. The van der Waals surface area contributed by atoms with Gasteiger partial charge in [0.25, 0.3) is 0 Å². The molecule has 1 aliphatic heterocycles. The summed E-state index contributed by atoms with van der Waals surface area (Å²) < 4.78 is 13.1. The number of carbonyl (C=O) groups is 1. The molecule has 2 aromatic rings. The summed E-state index contributed by atoms with van der Waals surface area (Å²) in [5.41, 5.74) is 0.936. The standard InChI is InChI=1S/C18H23FN4OS/c1-14(15-3-5-16(19)6-4-15)21(2)17(24)13-22-8-10-23(11-9-22)18-20-7-12-25-18/h3-7,12,14H,8-11,13H2,1-2H3/t14-/m0/s1. The summed E-state index contributed by atoms with van der Waals surface area (Å²) in [5.74, 6) is -0.178. The number of halogens is 1. The first-order chi connectivity index (χ1) is 12.0. The zero-order chi connectivity index (χ0) is 17.8. The van der Waals surface area contributed by atoms with Crippen LogP contribution >= 0.6 is 11.3 Å². The number of thiazole rings is 1. The molecule has 3 rings (SSSR count). The number of anilines is 1. The minimum absolute atomic E-state index is 0.0790. The van der Waals surface area contributed by atoms with Crippen LogP contribution in [0.5, 0.6) is 0 Å². The van der Waals surface area contributed by atoms with Gasteiger partial charge in [-0.1, -0.05) is 12.1 Å². The summed E-state index contributed by atoms with van der Waals surface area (Å²) in [7, 11) is 1.81. The molecule has 1 atom stereocenters. The fourth-order valence-corrected chi connectivity index (χ4v) is 3.65. The summed E-state index contributed by atoms with van der Waals surface area (Å²) in [5, 5.41) is 3.03. The second-order valence-electron chi connectivity index (χ2n) is 6.31. The molecule has 0 bridgehead atoms. The molecule has 0 aliphatic carbocycles. The van der Waals surface area contributed by atoms with E-state index < -0.39 is 0 Å². The molecule has 0 N–H and O–H groups in total. The fraction of sp³-hybridized carbons (Fsp3) is 0.444. The lowest BCUT2D eigenvalue weighted by Gasteiger charge is -2.35. The van der Waals surface area contributed by atoms with Crippen LogP contribution in [-0.2, 0) is 4.79 Å². The van der Waals surface area contributed by atoms with Gasteiger partial charge in [0.1, 0.15) is 5.82 Å². The lowest BCUT2D eigenvalue weighted by atomic mass is 10.1. The summed E-state index contributed by atoms with van der Waals surface area (Å²) >= 11 is 1.65. The van der Waals surface area contributed by atoms with Crippen molar-refractivity contribution >= 4 is 22.4 Å². The van der Waals surface area contributed by atoms with Crippen molar-refractivity contribution in [1.82, 2.24) is 14.8 Å². The predicted molar refractivity (Wildman–Crippen MR) is 98.4 cm³/mol. The first-order valence-corrected chi connectivity index (χ1v) is 9.30. The maximum Gasteiger partial charge on any atom is 0.236 e. The Morgan fingerprint density at radius 3 is 2.56 bits per heavy atom. The Morgan fingerprint density at radius 1 is 1.28 bits per heavy atom. The summed E-state index contributed by atoms with van der Waals surface area (Å²) in [6.45, 7) is 5.85. The Morgan fingerprint density at radius 2 is 1.96 bits per heavy atom. The van der Waals surface area contributed by atoms with Crippen LogP contribution in [0, 0.1) is 5.82 Å². The van der Waals surface area contributed by atoms with Crippen LogP contribution in [0.2, 0.25) is 0 Å². The zero-order valence-corrected chi connectivity index (χ0v) is 15.4. The van der Waals surface area contributed by atoms with Crippen molar-refractivity contribution in [2.24, 2.45) is 0 Å². The lowest BCUT2D eigenvalue weighted by Crippen LogP contribution is -2.49. The Labute approximate surface area is 151 Å². The average Bonchev–Trinajstić information content (AvgIpc) is 3.16. The fourth-order valence-electron chi connectivity index (χ4n) is 2.95. The number of hydrogen-bond donors (Lipinski definition) is 0. The van der Waals surface area contributed by atoms with Gasteiger partial charge in [0.15, 0.2) is 5.13 Å². The third-order valence-electron chi connectivity index (χ3n) is 4.75. The number of aromatic nitrogens is 1. The van der Waals surface area contributed by atoms with E-state index in [1.54, 1.807) is 28.4 Å². The van der Waals surface area contributed by atoms with Gasteiger partial charge in [0.2, 0.25) is 5.91 Å². The van der Waals surface area contributed by atoms with E-state index in [1.165, 1.54) is 12.1 Å². The maximum absolute atomic E-state index is 13.1. The number of likely N-dealkylation sites (N-methyl/N-ethyl adjacent to an activating group) is 1. The highest BCUT2D eigenvalue weighted by atomic mass is 32.1. The predicted octanol–water partition coefficient (Wildman–Crippen LogP) is 2.62. The van der Waals surface area contributed by atoms with E-state index in [0.29, 0.717) is 6.54 Å². The monoisotopic (exact) mass is 362 g/mol. The minimum atomic E-state index is -0.261. The Kier molecular flexibility index (Phi) is 5.65. The van der Waals surface area contributed by atoms with Gasteiger partial charge in [0.05, 0.1) is 12.6 Å². The molecule has 0 saturated carbocycles. The number of amides is 1. The van der Waals surface area contributed by atoms with Gasteiger partial charge in [0, 0.05) is 44.8 Å². The third kappa shape index (κ3) is 4.35. The molecule has 134 valence electrons. The highest BCUT2D eigenvalue weighted by molar-refractivity contribution is 7.13. The number of rotatable bonds is 5. The smallest absolute Gasteiger partial charge is 0.236 e. The van der Waals surface area contributed by atoms with Crippen LogP contribution in [0.1, 0.15) is 18.5 Å². The highest BCUT2D eigenvalue weighted by Crippen LogP contribution is 2.21. The van der Waals surface area contributed by atoms with Gasteiger partial charge in [-0.05, 0) is 24.6 Å². The van der Waals surface area contributed by atoms with Gasteiger partial charge in [-0.3, -0.25) is 9.69 Å². The van der Waals surface area contributed by atoms with Crippen molar-refractivity contribution in [2.45, 2.75) is 13.0 Å². The van der Waals surface area contributed by atoms with E-state index >= 15 is 0 Å². The Balaban J connectivity index is 1.51. The van der Waals surface area contributed by atoms with Crippen LogP contribution in [0.4, 0.5) is 9.52 Å². The third-order valence-corrected chi connectivity index (χ3v) is 5.58. The van der Waals surface area contributed by atoms with Crippen LogP contribution < -0.4 is 4.90 Å². The number of carbonyl (C=O) groups excluding carboxylic acids is 1. The second kappa shape index (κ2) is 7.93. The van der Waals surface area contributed by atoms with Gasteiger partial charge in [-0.25, -0.2) is 9.37 Å². The summed E-state index contributed by atoms with van der Waals surface area (Å²) in [6, 6.07) is 6.25. The average molecular weight is 362 g/mol. The van der Waals surface area contributed by atoms with Crippen LogP contribution in [0.3, 0.4) is 0 Å². The Bertz CT molecular complexity index is 684. The topological polar surface area (TPSA) is 39.7 Å². The molecule has 0 unspecified atom stereocenters. The highest BCUT2D eigenvalue weighted by Gasteiger charge is 2.23. The number of piperazine rings is 1. The van der Waals surface area contributed by atoms with E-state index in [0.717, 1.165) is 36.9 Å². The van der Waals surface area contributed by atoms with Gasteiger partial charge in [-0.2, -0.15) is 0 Å². The maximum atomic E-state index is 13.1. The first kappa shape index (κ1) is 17.8. The van der Waals surface area contributed by atoms with Gasteiger partial charge in [-0.15, -0.1) is 11.3 Å². The molecule has 1 fully saturated rings. The van der Waals surface area contributed by atoms with E-state index in [9.17, 15) is 9.18 Å². The van der Waals surface area contributed by atoms with E-state index in [-0.39, 0.29) is 17.8 Å². The molecule has 2 heterocycles. The molecule has 0 radical (unpaired) electrons. The summed E-state index contributed by atoms with van der Waals surface area (Å²) in [4.78, 5) is 23.1. The van der Waals surface area contributed by atoms with Crippen molar-refractivity contribution in [3.05, 3.63) is 47.2 Å². The normalized spacial score (nSPS) is 16.7. The molecule has 1 aromatic carbocycles. The molecule has 1 aromatic heterocycles. The van der Waals surface area contributed by atoms with Crippen LogP contribution in [0.15, 0.2) is 35.8 Å². The SMILES string of the molecule is C[C@@H](c1ccc(F)cc1)N(C)C(=O)CN1CCN(c2nccs2)CC1. The first-order valence-electron chi connectivity index (χ1n) is 8.42. The zero-order valence-electron chi connectivity index (χ0n) is 14.6. The molecular weight excluding hydrogens is 339 g/mol. The van der Waals surface area contributed by atoms with Gasteiger partial charge >= 0.3 is 0 Å². The number of hydrogen-bond acceptors (Lipinski definition) is 5. The molecule has 1 amide bonds. The van der Waals surface area contributed by atoms with Crippen LogP contribution in [0.25, 0.3) is 0 Å². The molecule has 5 nitrogen and oxygen atoms in total. The van der Waals surface area contributed by atoms with Crippen molar-refractivity contribution in [3.8, 4) is 0 Å². The number of benzene rings is 1.